The molecule has 1 amide bonds. The molecule has 0 aliphatic heterocycles. The minimum absolute atomic E-state index is 0.311. The zero-order valence-corrected chi connectivity index (χ0v) is 15.0. The van der Waals surface area contributed by atoms with Gasteiger partial charge in [0.05, 0.1) is 0 Å². The maximum Gasteiger partial charge on any atom is 0.265 e. The molecule has 2 aromatic carbocycles. The summed E-state index contributed by atoms with van der Waals surface area (Å²) in [5.74, 6) is -0.246. The van der Waals surface area contributed by atoms with Crippen LogP contribution < -0.4 is 10.1 Å². The first-order valence-electron chi connectivity index (χ1n) is 8.09. The van der Waals surface area contributed by atoms with Crippen LogP contribution >= 0.6 is 11.3 Å². The zero-order valence-electron chi connectivity index (χ0n) is 14.2. The van der Waals surface area contributed by atoms with E-state index < -0.39 is 6.10 Å². The molecule has 27 heavy (non-hydrogen) atoms. The van der Waals surface area contributed by atoms with Crippen LogP contribution in [0.4, 0.5) is 10.1 Å². The molecule has 2 aromatic heterocycles. The predicted molar refractivity (Wildman–Crippen MR) is 99.2 cm³/mol. The van der Waals surface area contributed by atoms with Crippen LogP contribution in [0.5, 0.6) is 5.75 Å². The highest BCUT2D eigenvalue weighted by Gasteiger charge is 2.16. The van der Waals surface area contributed by atoms with E-state index in [-0.39, 0.29) is 11.7 Å². The lowest BCUT2D eigenvalue weighted by Gasteiger charge is -2.15. The average Bonchev–Trinajstić information content (AvgIpc) is 3.26. The van der Waals surface area contributed by atoms with Crippen LogP contribution in [0.2, 0.25) is 0 Å². The van der Waals surface area contributed by atoms with Crippen LogP contribution in [-0.4, -0.2) is 31.8 Å². The second-order valence-electron chi connectivity index (χ2n) is 5.75. The molecule has 0 fully saturated rings. The van der Waals surface area contributed by atoms with Gasteiger partial charge in [0.1, 0.15) is 22.9 Å². The smallest absolute Gasteiger partial charge is 0.265 e. The number of nitrogens with one attached hydrogen (secondary N) is 1. The van der Waals surface area contributed by atoms with Crippen molar-refractivity contribution in [2.75, 3.05) is 5.32 Å². The summed E-state index contributed by atoms with van der Waals surface area (Å²) < 4.78 is 20.1. The van der Waals surface area contributed by atoms with Gasteiger partial charge in [-0.05, 0) is 43.3 Å². The molecule has 2 heterocycles. The number of fused-ring (bicyclic) bond motifs is 1. The molecule has 1 N–H and O–H groups in total. The Morgan fingerprint density at radius 2 is 2.07 bits per heavy atom. The third-order valence-corrected chi connectivity index (χ3v) is 4.72. The molecule has 0 saturated heterocycles. The van der Waals surface area contributed by atoms with Crippen molar-refractivity contribution in [2.45, 2.75) is 13.0 Å². The van der Waals surface area contributed by atoms with E-state index in [0.717, 1.165) is 10.6 Å². The molecule has 1 unspecified atom stereocenters. The fourth-order valence-corrected chi connectivity index (χ4v) is 3.24. The molecule has 9 heteroatoms. The Morgan fingerprint density at radius 3 is 2.85 bits per heavy atom. The van der Waals surface area contributed by atoms with Crippen molar-refractivity contribution in [1.82, 2.24) is 19.8 Å². The van der Waals surface area contributed by atoms with Crippen molar-refractivity contribution < 1.29 is 13.9 Å². The van der Waals surface area contributed by atoms with Gasteiger partial charge in [0.2, 0.25) is 4.96 Å². The number of halogens is 1. The number of rotatable bonds is 5. The fraction of sp³-hybridized carbons (Fsp3) is 0.111. The van der Waals surface area contributed by atoms with Crippen LogP contribution in [-0.2, 0) is 4.79 Å². The van der Waals surface area contributed by atoms with Crippen LogP contribution in [0.1, 0.15) is 6.92 Å². The lowest BCUT2D eigenvalue weighted by Crippen LogP contribution is -2.30. The number of ether oxygens (including phenoxy) is 1. The molecule has 0 bridgehead atoms. The third-order valence-electron chi connectivity index (χ3n) is 3.76. The molecule has 0 saturated carbocycles. The van der Waals surface area contributed by atoms with E-state index >= 15 is 0 Å². The van der Waals surface area contributed by atoms with Gasteiger partial charge >= 0.3 is 0 Å². The Labute approximate surface area is 157 Å². The van der Waals surface area contributed by atoms with Gasteiger partial charge in [0.15, 0.2) is 6.10 Å². The first kappa shape index (κ1) is 17.1. The number of amides is 1. The number of nitrogens with zero attached hydrogens (tertiary/aromatic N) is 4. The van der Waals surface area contributed by atoms with Crippen molar-refractivity contribution >= 4 is 27.9 Å². The van der Waals surface area contributed by atoms with E-state index in [1.165, 1.54) is 41.9 Å². The van der Waals surface area contributed by atoms with Crippen molar-refractivity contribution in [1.29, 1.82) is 0 Å². The van der Waals surface area contributed by atoms with Crippen molar-refractivity contribution in [3.63, 3.8) is 0 Å². The largest absolute Gasteiger partial charge is 0.481 e. The Kier molecular flexibility index (Phi) is 4.51. The molecule has 0 radical (unpaired) electrons. The van der Waals surface area contributed by atoms with Crippen molar-refractivity contribution in [2.24, 2.45) is 0 Å². The molecule has 0 aliphatic rings. The average molecular weight is 383 g/mol. The topological polar surface area (TPSA) is 81.4 Å². The number of hydrogen-bond donors (Lipinski definition) is 1. The fourth-order valence-electron chi connectivity index (χ4n) is 2.42. The number of hydrogen-bond acceptors (Lipinski definition) is 6. The molecule has 1 atom stereocenters. The van der Waals surface area contributed by atoms with Gasteiger partial charge < -0.3 is 10.1 Å². The van der Waals surface area contributed by atoms with E-state index in [4.69, 9.17) is 4.74 Å². The number of carbonyl (C=O) groups is 1. The Morgan fingerprint density at radius 1 is 1.26 bits per heavy atom. The minimum atomic E-state index is -0.742. The van der Waals surface area contributed by atoms with Crippen LogP contribution in [0.3, 0.4) is 0 Å². The standard InChI is InChI=1S/C18H14FN5O2S/c1-11(26-15-7-5-13(19)6-8-15)16(25)21-14-4-2-3-12(9-14)17-23-24-10-20-22-18(24)27-17/h2-11H,1H3,(H,21,25). The van der Waals surface area contributed by atoms with Crippen LogP contribution in [0, 0.1) is 5.82 Å². The Hall–Kier alpha value is -3.33. The summed E-state index contributed by atoms with van der Waals surface area (Å²) in [5.41, 5.74) is 1.48. The molecule has 0 spiro atoms. The quantitative estimate of drug-likeness (QED) is 0.571. The summed E-state index contributed by atoms with van der Waals surface area (Å²) in [4.78, 5) is 13.1. The number of anilines is 1. The molecular weight excluding hydrogens is 369 g/mol. The summed E-state index contributed by atoms with van der Waals surface area (Å²) in [6, 6.07) is 12.9. The summed E-state index contributed by atoms with van der Waals surface area (Å²) in [6.07, 6.45) is 0.795. The first-order chi connectivity index (χ1) is 13.1. The summed E-state index contributed by atoms with van der Waals surface area (Å²) in [6.45, 7) is 1.63. The number of carbonyl (C=O) groups excluding carboxylic acids is 1. The monoisotopic (exact) mass is 383 g/mol. The lowest BCUT2D eigenvalue weighted by molar-refractivity contribution is -0.122. The minimum Gasteiger partial charge on any atom is -0.481 e. The SMILES string of the molecule is CC(Oc1ccc(F)cc1)C(=O)Nc1cccc(-c2nn3cnnc3s2)c1. The van der Waals surface area contributed by atoms with Crippen LogP contribution in [0.25, 0.3) is 15.5 Å². The maximum absolute atomic E-state index is 12.9. The highest BCUT2D eigenvalue weighted by Crippen LogP contribution is 2.27. The Bertz CT molecular complexity index is 1060. The normalized spacial score (nSPS) is 12.1. The zero-order chi connectivity index (χ0) is 18.8. The summed E-state index contributed by atoms with van der Waals surface area (Å²) in [5, 5.41) is 15.7. The highest BCUT2D eigenvalue weighted by molar-refractivity contribution is 7.19. The number of benzene rings is 2. The first-order valence-corrected chi connectivity index (χ1v) is 8.90. The van der Waals surface area contributed by atoms with Gasteiger partial charge in [0.25, 0.3) is 5.91 Å². The van der Waals surface area contributed by atoms with E-state index in [1.807, 2.05) is 18.2 Å². The number of aromatic nitrogens is 4. The Balaban J connectivity index is 1.46. The maximum atomic E-state index is 12.9. The molecule has 4 rings (SSSR count). The molecular formula is C18H14FN5O2S. The van der Waals surface area contributed by atoms with E-state index in [1.54, 1.807) is 17.5 Å². The van der Waals surface area contributed by atoms with E-state index in [9.17, 15) is 9.18 Å². The second kappa shape index (κ2) is 7.12. The summed E-state index contributed by atoms with van der Waals surface area (Å²) >= 11 is 1.40. The van der Waals surface area contributed by atoms with Crippen LogP contribution in [0.15, 0.2) is 54.9 Å². The van der Waals surface area contributed by atoms with E-state index in [0.29, 0.717) is 16.4 Å². The van der Waals surface area contributed by atoms with Gasteiger partial charge in [-0.2, -0.15) is 9.61 Å². The summed E-state index contributed by atoms with van der Waals surface area (Å²) in [7, 11) is 0. The van der Waals surface area contributed by atoms with E-state index in [2.05, 4.69) is 20.6 Å². The van der Waals surface area contributed by atoms with Gasteiger partial charge in [-0.3, -0.25) is 4.79 Å². The van der Waals surface area contributed by atoms with Crippen molar-refractivity contribution in [3.05, 3.63) is 60.7 Å². The molecule has 136 valence electrons. The lowest BCUT2D eigenvalue weighted by atomic mass is 10.2. The van der Waals surface area contributed by atoms with Crippen molar-refractivity contribution in [3.8, 4) is 16.3 Å². The van der Waals surface area contributed by atoms with Gasteiger partial charge in [0, 0.05) is 11.3 Å². The second-order valence-corrected chi connectivity index (χ2v) is 6.71. The molecule has 0 aliphatic carbocycles. The molecule has 4 aromatic rings. The predicted octanol–water partition coefficient (Wildman–Crippen LogP) is 3.40. The highest BCUT2D eigenvalue weighted by atomic mass is 32.1. The third kappa shape index (κ3) is 3.77. The van der Waals surface area contributed by atoms with Gasteiger partial charge in [-0.1, -0.05) is 23.5 Å². The van der Waals surface area contributed by atoms with Gasteiger partial charge in [-0.25, -0.2) is 4.39 Å². The molecule has 7 nitrogen and oxygen atoms in total. The van der Waals surface area contributed by atoms with Gasteiger partial charge in [-0.15, -0.1) is 10.2 Å².